The van der Waals surface area contributed by atoms with Crippen LogP contribution in [0.15, 0.2) is 78.2 Å². The summed E-state index contributed by atoms with van der Waals surface area (Å²) in [5, 5.41) is 10.1. The molecule has 2 N–H and O–H groups in total. The van der Waals surface area contributed by atoms with E-state index in [1.807, 2.05) is 24.3 Å². The van der Waals surface area contributed by atoms with E-state index in [1.54, 1.807) is 36.4 Å². The number of rotatable bonds is 8. The minimum absolute atomic E-state index is 0.0445. The molecule has 7 nitrogen and oxygen atoms in total. The average molecular weight is 711 g/mol. The van der Waals surface area contributed by atoms with E-state index >= 15 is 0 Å². The zero-order valence-electron chi connectivity index (χ0n) is 22.2. The van der Waals surface area contributed by atoms with Gasteiger partial charge in [-0.25, -0.2) is 4.79 Å². The van der Waals surface area contributed by atoms with Gasteiger partial charge in [-0.15, -0.1) is 0 Å². The lowest BCUT2D eigenvalue weighted by molar-refractivity contribution is -0.136. The summed E-state index contributed by atoms with van der Waals surface area (Å²) < 4.78 is 22.5. The van der Waals surface area contributed by atoms with Gasteiger partial charge in [0.25, 0.3) is 0 Å². The van der Waals surface area contributed by atoms with Crippen LogP contribution in [0.3, 0.4) is 0 Å². The number of benzene rings is 4. The second-order valence-corrected chi connectivity index (χ2v) is 11.6. The number of carbonyl (C=O) groups is 1. The molecule has 0 saturated carbocycles. The Morgan fingerprint density at radius 2 is 1.43 bits per heavy atom. The normalized spacial score (nSPS) is 13.9. The lowest BCUT2D eigenvalue weighted by atomic mass is 9.83. The number of esters is 1. The second kappa shape index (κ2) is 13.7. The highest BCUT2D eigenvalue weighted by molar-refractivity contribution is 6.55. The molecule has 1 unspecified atom stereocenters. The molecule has 1 atom stereocenters. The van der Waals surface area contributed by atoms with Gasteiger partial charge < -0.3 is 24.7 Å². The number of nitrogens with zero attached hydrogens (tertiary/aromatic N) is 1. The Kier molecular flexibility index (Phi) is 9.91. The van der Waals surface area contributed by atoms with E-state index in [0.29, 0.717) is 28.7 Å². The summed E-state index contributed by atoms with van der Waals surface area (Å²) in [5.74, 6) is -0.428. The van der Waals surface area contributed by atoms with E-state index in [-0.39, 0.29) is 48.1 Å². The third-order valence-electron chi connectivity index (χ3n) is 6.46. The fraction of sp³-hybridized carbons (Fsp3) is 0.0968. The molecule has 0 aromatic heterocycles. The van der Waals surface area contributed by atoms with Gasteiger partial charge in [0.2, 0.25) is 5.88 Å². The van der Waals surface area contributed by atoms with Crippen LogP contribution in [0.5, 0.6) is 23.0 Å². The highest BCUT2D eigenvalue weighted by Gasteiger charge is 2.31. The van der Waals surface area contributed by atoms with Crippen molar-refractivity contribution in [2.24, 2.45) is 5.73 Å². The maximum atomic E-state index is 12.6. The van der Waals surface area contributed by atoms with Gasteiger partial charge >= 0.3 is 5.97 Å². The predicted octanol–water partition coefficient (Wildman–Crippen LogP) is 9.39. The number of halogens is 6. The molecule has 1 aliphatic rings. The standard InChI is InChI=1S/C31H18Cl6N2O5/c32-17-5-1-15(2-6-17)13-41-18-7-3-16(4-8-18)24-20-10-9-19(11-22(20)44-31(39)21(24)12-38)43-23(40)14-42-30-28(36)26(34)25(33)27(35)29(30)37/h1-11,24H,13-14,39H2. The van der Waals surface area contributed by atoms with Gasteiger partial charge in [0.05, 0.1) is 21.0 Å². The zero-order valence-corrected chi connectivity index (χ0v) is 26.7. The van der Waals surface area contributed by atoms with E-state index in [0.717, 1.165) is 11.1 Å². The van der Waals surface area contributed by atoms with Crippen molar-refractivity contribution in [2.45, 2.75) is 12.5 Å². The fourth-order valence-electron chi connectivity index (χ4n) is 4.35. The Labute approximate surface area is 282 Å². The SMILES string of the molecule is N#CC1=C(N)Oc2cc(OC(=O)COc3c(Cl)c(Cl)c(Cl)c(Cl)c3Cl)ccc2C1c1ccc(OCc2ccc(Cl)cc2)cc1. The minimum atomic E-state index is -0.790. The highest BCUT2D eigenvalue weighted by atomic mass is 35.5. The van der Waals surface area contributed by atoms with Crippen LogP contribution in [0.1, 0.15) is 22.6 Å². The molecule has 0 radical (unpaired) electrons. The molecule has 4 aromatic rings. The van der Waals surface area contributed by atoms with E-state index < -0.39 is 18.5 Å². The van der Waals surface area contributed by atoms with Crippen molar-refractivity contribution in [3.63, 3.8) is 0 Å². The molecule has 44 heavy (non-hydrogen) atoms. The number of hydrogen-bond donors (Lipinski definition) is 1. The number of nitrogens with two attached hydrogens (primary N) is 1. The molecule has 224 valence electrons. The Bertz CT molecular complexity index is 1790. The van der Waals surface area contributed by atoms with Crippen molar-refractivity contribution >= 4 is 75.6 Å². The number of nitriles is 1. The third kappa shape index (κ3) is 6.77. The van der Waals surface area contributed by atoms with Crippen molar-refractivity contribution in [1.82, 2.24) is 0 Å². The molecule has 1 aliphatic heterocycles. The first kappa shape index (κ1) is 31.9. The van der Waals surface area contributed by atoms with Crippen LogP contribution < -0.4 is 24.7 Å². The van der Waals surface area contributed by atoms with E-state index in [4.69, 9.17) is 94.3 Å². The molecule has 0 fully saturated rings. The van der Waals surface area contributed by atoms with Crippen molar-refractivity contribution < 1.29 is 23.7 Å². The Morgan fingerprint density at radius 1 is 0.818 bits per heavy atom. The molecular formula is C31H18Cl6N2O5. The fourth-order valence-corrected chi connectivity index (χ4v) is 5.71. The monoisotopic (exact) mass is 708 g/mol. The van der Waals surface area contributed by atoms with Gasteiger partial charge in [0.15, 0.2) is 12.4 Å². The van der Waals surface area contributed by atoms with Crippen molar-refractivity contribution in [1.29, 1.82) is 5.26 Å². The zero-order chi connectivity index (χ0) is 31.5. The summed E-state index contributed by atoms with van der Waals surface area (Å²) >= 11 is 36.3. The molecule has 0 saturated heterocycles. The number of allylic oxidation sites excluding steroid dienone is 1. The smallest absolute Gasteiger partial charge is 0.349 e. The molecule has 13 heteroatoms. The quantitative estimate of drug-likeness (QED) is 0.0841. The molecule has 0 aliphatic carbocycles. The predicted molar refractivity (Wildman–Crippen MR) is 171 cm³/mol. The number of fused-ring (bicyclic) bond motifs is 1. The first-order valence-corrected chi connectivity index (χ1v) is 14.9. The molecule has 5 rings (SSSR count). The summed E-state index contributed by atoms with van der Waals surface area (Å²) in [5.41, 5.74) is 8.75. The topological polar surface area (TPSA) is 104 Å². The summed E-state index contributed by atoms with van der Waals surface area (Å²) in [7, 11) is 0. The molecule has 0 spiro atoms. The van der Waals surface area contributed by atoms with E-state index in [9.17, 15) is 10.1 Å². The van der Waals surface area contributed by atoms with Gasteiger partial charge in [0.1, 0.15) is 45.5 Å². The lowest BCUT2D eigenvalue weighted by Crippen LogP contribution is -2.21. The van der Waals surface area contributed by atoms with Gasteiger partial charge in [-0.05, 0) is 41.5 Å². The molecule has 1 heterocycles. The van der Waals surface area contributed by atoms with Crippen LogP contribution in [0, 0.1) is 11.3 Å². The number of carbonyl (C=O) groups excluding carboxylic acids is 1. The van der Waals surface area contributed by atoms with Crippen LogP contribution in [-0.4, -0.2) is 12.6 Å². The molecule has 4 aromatic carbocycles. The van der Waals surface area contributed by atoms with Crippen molar-refractivity contribution in [3.05, 3.63) is 125 Å². The van der Waals surface area contributed by atoms with E-state index in [2.05, 4.69) is 6.07 Å². The van der Waals surface area contributed by atoms with Gasteiger partial charge in [-0.1, -0.05) is 99.9 Å². The summed E-state index contributed by atoms with van der Waals surface area (Å²) in [6.45, 7) is -0.220. The minimum Gasteiger partial charge on any atom is -0.489 e. The lowest BCUT2D eigenvalue weighted by Gasteiger charge is -2.26. The highest BCUT2D eigenvalue weighted by Crippen LogP contribution is 2.48. The van der Waals surface area contributed by atoms with Crippen LogP contribution in [-0.2, 0) is 11.4 Å². The summed E-state index contributed by atoms with van der Waals surface area (Å²) in [4.78, 5) is 12.6. The molecule has 0 bridgehead atoms. The van der Waals surface area contributed by atoms with Crippen molar-refractivity contribution in [3.8, 4) is 29.1 Å². The molecular weight excluding hydrogens is 693 g/mol. The Morgan fingerprint density at radius 3 is 2.07 bits per heavy atom. The van der Waals surface area contributed by atoms with Gasteiger partial charge in [-0.3, -0.25) is 0 Å². The maximum absolute atomic E-state index is 12.6. The Balaban J connectivity index is 1.31. The maximum Gasteiger partial charge on any atom is 0.349 e. The first-order chi connectivity index (χ1) is 21.1. The first-order valence-electron chi connectivity index (χ1n) is 12.6. The third-order valence-corrected chi connectivity index (χ3v) is 8.95. The average Bonchev–Trinajstić information content (AvgIpc) is 3.02. The summed E-state index contributed by atoms with van der Waals surface area (Å²) in [6.07, 6.45) is 0. The largest absolute Gasteiger partial charge is 0.489 e. The second-order valence-electron chi connectivity index (χ2n) is 9.27. The van der Waals surface area contributed by atoms with Gasteiger partial charge in [-0.2, -0.15) is 5.26 Å². The van der Waals surface area contributed by atoms with Crippen molar-refractivity contribution in [2.75, 3.05) is 6.61 Å². The van der Waals surface area contributed by atoms with Crippen LogP contribution >= 0.6 is 69.6 Å². The Hall–Kier alpha value is -3.48. The van der Waals surface area contributed by atoms with E-state index in [1.165, 1.54) is 6.07 Å². The number of ether oxygens (including phenoxy) is 4. The van der Waals surface area contributed by atoms with Crippen LogP contribution in [0.25, 0.3) is 0 Å². The van der Waals surface area contributed by atoms with Crippen LogP contribution in [0.2, 0.25) is 30.1 Å². The van der Waals surface area contributed by atoms with Gasteiger partial charge in [0, 0.05) is 16.7 Å². The summed E-state index contributed by atoms with van der Waals surface area (Å²) in [6, 6.07) is 21.6. The molecule has 0 amide bonds. The van der Waals surface area contributed by atoms with Crippen LogP contribution in [0.4, 0.5) is 0 Å². The number of hydrogen-bond acceptors (Lipinski definition) is 7.